The summed E-state index contributed by atoms with van der Waals surface area (Å²) in [5, 5.41) is 4.94. The van der Waals surface area contributed by atoms with Gasteiger partial charge in [0.15, 0.2) is 5.78 Å². The van der Waals surface area contributed by atoms with Crippen LogP contribution in [-0.2, 0) is 12.8 Å². The van der Waals surface area contributed by atoms with Gasteiger partial charge < -0.3 is 0 Å². The predicted octanol–water partition coefficient (Wildman–Crippen LogP) is 9.73. The molecular weight excluding hydrogens is 518 g/mol. The molecule has 39 heavy (non-hydrogen) atoms. The molecule has 4 aromatic rings. The molecule has 3 aliphatic rings. The Hall–Kier alpha value is -3.53. The molecule has 2 heterocycles. The Labute approximate surface area is 239 Å². The van der Waals surface area contributed by atoms with Crippen LogP contribution in [0.2, 0.25) is 5.02 Å². The first-order valence-electron chi connectivity index (χ1n) is 13.5. The molecule has 2 unspecified atom stereocenters. The zero-order valence-corrected chi connectivity index (χ0v) is 23.7. The minimum Gasteiger partial charge on any atom is -0.294 e. The molecule has 0 bridgehead atoms. The smallest absolute Gasteiger partial charge is 0.161 e. The summed E-state index contributed by atoms with van der Waals surface area (Å²) >= 11 is 8.23. The van der Waals surface area contributed by atoms with Gasteiger partial charge >= 0.3 is 0 Å². The number of carbonyl (C=O) groups excluding carboxylic acids is 1. The van der Waals surface area contributed by atoms with Crippen LogP contribution in [0.25, 0.3) is 22.4 Å². The van der Waals surface area contributed by atoms with Crippen LogP contribution in [0.5, 0.6) is 0 Å². The first-order valence-corrected chi connectivity index (χ1v) is 14.7. The molecule has 3 aromatic carbocycles. The minimum absolute atomic E-state index is 0.00940. The van der Waals surface area contributed by atoms with E-state index >= 15 is 0 Å². The van der Waals surface area contributed by atoms with Crippen molar-refractivity contribution in [3.63, 3.8) is 0 Å². The Morgan fingerprint density at radius 3 is 2.69 bits per heavy atom. The van der Waals surface area contributed by atoms with Crippen LogP contribution in [0.4, 0.5) is 0 Å². The molecule has 0 N–H and O–H groups in total. The fraction of sp³-hybridized carbons (Fsp3) is 0.200. The van der Waals surface area contributed by atoms with Crippen LogP contribution in [-0.4, -0.2) is 12.0 Å². The molecule has 0 saturated heterocycles. The summed E-state index contributed by atoms with van der Waals surface area (Å²) in [6.45, 7) is 3.91. The van der Waals surface area contributed by atoms with E-state index in [1.54, 1.807) is 23.8 Å². The third-order valence-electron chi connectivity index (χ3n) is 8.01. The largest absolute Gasteiger partial charge is 0.294 e. The molecule has 7 rings (SSSR count). The van der Waals surface area contributed by atoms with E-state index in [9.17, 15) is 4.79 Å². The van der Waals surface area contributed by atoms with Gasteiger partial charge in [0.1, 0.15) is 0 Å². The van der Waals surface area contributed by atoms with Crippen molar-refractivity contribution in [3.8, 4) is 0 Å². The van der Waals surface area contributed by atoms with Crippen LogP contribution in [0.15, 0.2) is 95.0 Å². The number of hydrogen-bond acceptors (Lipinski definition) is 3. The van der Waals surface area contributed by atoms with E-state index in [1.165, 1.54) is 38.1 Å². The van der Waals surface area contributed by atoms with Gasteiger partial charge in [-0.3, -0.25) is 9.79 Å². The van der Waals surface area contributed by atoms with E-state index in [0.717, 1.165) is 24.6 Å². The van der Waals surface area contributed by atoms with Gasteiger partial charge in [-0.15, -0.1) is 11.3 Å². The van der Waals surface area contributed by atoms with Crippen LogP contribution >= 0.6 is 22.9 Å². The number of Topliss-reactive ketones (excluding diaryl/α,β-unsaturated/α-hetero) is 1. The van der Waals surface area contributed by atoms with Gasteiger partial charge in [0.2, 0.25) is 0 Å². The summed E-state index contributed by atoms with van der Waals surface area (Å²) in [5.74, 6) is 0.952. The monoisotopic (exact) mass is 547 g/mol. The normalized spacial score (nSPS) is 19.1. The predicted molar refractivity (Wildman–Crippen MR) is 167 cm³/mol. The lowest BCUT2D eigenvalue weighted by Gasteiger charge is -2.33. The summed E-state index contributed by atoms with van der Waals surface area (Å²) in [7, 11) is 0. The standard InChI is InChI=1S/C27H23ClO.C8H7NS/c1-16-12-26-22(11-9-20-14-24(17(2)29)27(28)15-25(20)26)21-10-8-19(13-23(16)21)18-6-4-3-5-7-18;1-4-9-5-2-8-7(1)3-6-10-8/h3-11,14-16,19H,12-13H2,1-2H3;2-6H,1H2. The van der Waals surface area contributed by atoms with E-state index in [-0.39, 0.29) is 5.78 Å². The average Bonchev–Trinajstić information content (AvgIpc) is 3.28. The number of allylic oxidation sites excluding steroid dienone is 4. The summed E-state index contributed by atoms with van der Waals surface area (Å²) in [5.41, 5.74) is 8.98. The Morgan fingerprint density at radius 1 is 1.03 bits per heavy atom. The van der Waals surface area contributed by atoms with Crippen LogP contribution in [0.3, 0.4) is 0 Å². The van der Waals surface area contributed by atoms with Crippen molar-refractivity contribution in [2.45, 2.75) is 39.0 Å². The topological polar surface area (TPSA) is 29.4 Å². The van der Waals surface area contributed by atoms with Gasteiger partial charge in [-0.05, 0) is 93.9 Å². The van der Waals surface area contributed by atoms with Gasteiger partial charge in [0.25, 0.3) is 0 Å². The molecule has 0 spiro atoms. The molecule has 0 saturated carbocycles. The van der Waals surface area contributed by atoms with Gasteiger partial charge in [-0.1, -0.05) is 78.7 Å². The zero-order valence-electron chi connectivity index (χ0n) is 22.2. The third-order valence-corrected chi connectivity index (χ3v) is 9.25. The molecule has 2 nitrogen and oxygen atoms in total. The van der Waals surface area contributed by atoms with Crippen molar-refractivity contribution in [3.05, 3.63) is 128 Å². The van der Waals surface area contributed by atoms with E-state index in [1.807, 2.05) is 24.5 Å². The second-order valence-electron chi connectivity index (χ2n) is 10.5. The first-order chi connectivity index (χ1) is 19.0. The Bertz CT molecular complexity index is 1690. The number of nitrogens with zero attached hydrogens (tertiary/aromatic N) is 1. The summed E-state index contributed by atoms with van der Waals surface area (Å²) in [6.07, 6.45) is 13.6. The zero-order chi connectivity index (χ0) is 26.9. The number of aliphatic imine (C=N–C) groups is 1. The molecule has 0 radical (unpaired) electrons. The van der Waals surface area contributed by atoms with Crippen molar-refractivity contribution < 1.29 is 4.79 Å². The first kappa shape index (κ1) is 25.7. The van der Waals surface area contributed by atoms with Gasteiger partial charge in [-0.25, -0.2) is 0 Å². The lowest BCUT2D eigenvalue weighted by molar-refractivity contribution is 0.101. The second kappa shape index (κ2) is 10.9. The van der Waals surface area contributed by atoms with E-state index in [2.05, 4.69) is 84.1 Å². The lowest BCUT2D eigenvalue weighted by atomic mass is 9.71. The molecule has 1 aromatic heterocycles. The number of benzene rings is 3. The second-order valence-corrected chi connectivity index (χ2v) is 11.8. The molecule has 194 valence electrons. The highest BCUT2D eigenvalue weighted by molar-refractivity contribution is 7.11. The van der Waals surface area contributed by atoms with E-state index < -0.39 is 0 Å². The summed E-state index contributed by atoms with van der Waals surface area (Å²) < 4.78 is 0. The SMILES string of the molecule is C1=Cc2sccc2CC=N1.CC(=O)c1cc2ccc3c(c2cc1Cl)CC(C)C1=C3C=CC(c2ccccc2)C1. The number of rotatable bonds is 2. The van der Waals surface area contributed by atoms with Gasteiger partial charge in [0, 0.05) is 35.2 Å². The molecule has 4 heteroatoms. The quantitative estimate of drug-likeness (QED) is 0.230. The molecule has 2 aliphatic carbocycles. The number of hydrogen-bond donors (Lipinski definition) is 0. The summed E-state index contributed by atoms with van der Waals surface area (Å²) in [4.78, 5) is 17.3. The minimum atomic E-state index is 0.00940. The molecule has 0 amide bonds. The van der Waals surface area contributed by atoms with Crippen molar-refractivity contribution in [1.29, 1.82) is 0 Å². The number of carbonyl (C=O) groups is 1. The highest BCUT2D eigenvalue weighted by Gasteiger charge is 2.29. The molecule has 1 aliphatic heterocycles. The maximum atomic E-state index is 11.9. The Kier molecular flexibility index (Phi) is 7.20. The Balaban J connectivity index is 0.000000231. The average molecular weight is 548 g/mol. The number of halogens is 1. The van der Waals surface area contributed by atoms with Gasteiger partial charge in [-0.2, -0.15) is 0 Å². The van der Waals surface area contributed by atoms with Crippen LogP contribution in [0, 0.1) is 5.92 Å². The highest BCUT2D eigenvalue weighted by atomic mass is 35.5. The fourth-order valence-corrected chi connectivity index (χ4v) is 7.08. The van der Waals surface area contributed by atoms with Crippen molar-refractivity contribution in [1.82, 2.24) is 0 Å². The molecule has 2 atom stereocenters. The number of thiophene rings is 1. The fourth-order valence-electron chi connectivity index (χ4n) is 5.96. The maximum Gasteiger partial charge on any atom is 0.161 e. The number of fused-ring (bicyclic) bond motifs is 5. The Morgan fingerprint density at radius 2 is 1.87 bits per heavy atom. The summed E-state index contributed by atoms with van der Waals surface area (Å²) in [6, 6.07) is 21.2. The number of ketones is 1. The van der Waals surface area contributed by atoms with E-state index in [0.29, 0.717) is 22.4 Å². The van der Waals surface area contributed by atoms with Crippen molar-refractivity contribution in [2.75, 3.05) is 0 Å². The van der Waals surface area contributed by atoms with Crippen molar-refractivity contribution >= 4 is 57.4 Å². The highest BCUT2D eigenvalue weighted by Crippen LogP contribution is 2.46. The van der Waals surface area contributed by atoms with Crippen LogP contribution in [0.1, 0.15) is 63.7 Å². The van der Waals surface area contributed by atoms with E-state index in [4.69, 9.17) is 11.6 Å². The molecular formula is C35H30ClNOS. The molecule has 0 fully saturated rings. The van der Waals surface area contributed by atoms with Crippen molar-refractivity contribution in [2.24, 2.45) is 10.9 Å². The van der Waals surface area contributed by atoms with Crippen LogP contribution < -0.4 is 0 Å². The lowest BCUT2D eigenvalue weighted by Crippen LogP contribution is -2.18. The third kappa shape index (κ3) is 5.09. The maximum absolute atomic E-state index is 11.9. The van der Waals surface area contributed by atoms with Gasteiger partial charge in [0.05, 0.1) is 5.02 Å².